The van der Waals surface area contributed by atoms with Crippen LogP contribution < -0.4 is 5.32 Å². The summed E-state index contributed by atoms with van der Waals surface area (Å²) in [7, 11) is 0. The molecule has 2 aromatic rings. The molecule has 2 aliphatic heterocycles. The van der Waals surface area contributed by atoms with Crippen molar-refractivity contribution in [3.05, 3.63) is 60.3 Å². The molecule has 0 radical (unpaired) electrons. The molecule has 0 unspecified atom stereocenters. The number of nitrogens with one attached hydrogen (secondary N) is 1. The minimum Gasteiger partial charge on any atom is -0.371 e. The lowest BCUT2D eigenvalue weighted by molar-refractivity contribution is 0.0120. The van der Waals surface area contributed by atoms with Crippen LogP contribution in [0.15, 0.2) is 54.7 Å². The Kier molecular flexibility index (Phi) is 4.02. The molecule has 2 aliphatic rings. The zero-order valence-electron chi connectivity index (χ0n) is 13.3. The van der Waals surface area contributed by atoms with Gasteiger partial charge in [-0.25, -0.2) is 4.98 Å². The summed E-state index contributed by atoms with van der Waals surface area (Å²) in [5, 5.41) is 3.50. The molecule has 0 amide bonds. The van der Waals surface area contributed by atoms with Crippen LogP contribution in [0.1, 0.15) is 18.4 Å². The minimum absolute atomic E-state index is 0.0290. The zero-order valence-corrected chi connectivity index (χ0v) is 13.3. The van der Waals surface area contributed by atoms with Gasteiger partial charge in [0.2, 0.25) is 0 Å². The molecule has 2 atom stereocenters. The fraction of sp³-hybridized carbons (Fsp3) is 0.421. The number of hydrogen-bond acceptors (Lipinski definition) is 4. The molecule has 4 heteroatoms. The summed E-state index contributed by atoms with van der Waals surface area (Å²) in [6.45, 7) is 3.94. The van der Waals surface area contributed by atoms with Gasteiger partial charge in [-0.1, -0.05) is 36.4 Å². The maximum absolute atomic E-state index is 6.22. The van der Waals surface area contributed by atoms with Gasteiger partial charge in [-0.05, 0) is 24.1 Å². The summed E-state index contributed by atoms with van der Waals surface area (Å²) in [6, 6.07) is 17.0. The Morgan fingerprint density at radius 2 is 2.04 bits per heavy atom. The van der Waals surface area contributed by atoms with Gasteiger partial charge in [-0.2, -0.15) is 0 Å². The molecule has 0 aliphatic carbocycles. The first-order valence-electron chi connectivity index (χ1n) is 8.39. The second kappa shape index (κ2) is 6.30. The Hall–Kier alpha value is -1.91. The van der Waals surface area contributed by atoms with Crippen LogP contribution in [0.5, 0.6) is 0 Å². The van der Waals surface area contributed by atoms with Crippen LogP contribution in [-0.2, 0) is 11.3 Å². The molecule has 120 valence electrons. The van der Waals surface area contributed by atoms with E-state index in [0.717, 1.165) is 44.9 Å². The molecule has 1 spiro atoms. The van der Waals surface area contributed by atoms with E-state index in [9.17, 15) is 0 Å². The molecule has 4 rings (SSSR count). The van der Waals surface area contributed by atoms with Gasteiger partial charge in [0.25, 0.3) is 0 Å². The predicted octanol–water partition coefficient (Wildman–Crippen LogP) is 2.93. The second-order valence-corrected chi connectivity index (χ2v) is 6.70. The smallest absolute Gasteiger partial charge is 0.126 e. The first-order valence-corrected chi connectivity index (χ1v) is 8.39. The number of ether oxygens (including phenoxy) is 1. The fourth-order valence-corrected chi connectivity index (χ4v) is 3.78. The SMILES string of the molecule is c1ccc(CN2CC[C@]3(C[C@@H](Nc4ccccn4)CO3)C2)cc1. The molecule has 23 heavy (non-hydrogen) atoms. The van der Waals surface area contributed by atoms with E-state index >= 15 is 0 Å². The summed E-state index contributed by atoms with van der Waals surface area (Å²) in [5.41, 5.74) is 1.41. The van der Waals surface area contributed by atoms with Gasteiger partial charge in [-0.3, -0.25) is 4.90 Å². The Morgan fingerprint density at radius 1 is 1.17 bits per heavy atom. The second-order valence-electron chi connectivity index (χ2n) is 6.70. The zero-order chi connectivity index (χ0) is 15.5. The number of likely N-dealkylation sites (tertiary alicyclic amines) is 1. The summed E-state index contributed by atoms with van der Waals surface area (Å²) in [6.07, 6.45) is 4.01. The average molecular weight is 309 g/mol. The molecule has 0 saturated carbocycles. The highest BCUT2D eigenvalue weighted by atomic mass is 16.5. The highest BCUT2D eigenvalue weighted by molar-refractivity contribution is 5.35. The quantitative estimate of drug-likeness (QED) is 0.942. The Balaban J connectivity index is 1.34. The van der Waals surface area contributed by atoms with Crippen LogP contribution in [0.4, 0.5) is 5.82 Å². The number of pyridine rings is 1. The largest absolute Gasteiger partial charge is 0.371 e. The average Bonchev–Trinajstić information content (AvgIpc) is 3.16. The predicted molar refractivity (Wildman–Crippen MR) is 91.3 cm³/mol. The maximum Gasteiger partial charge on any atom is 0.126 e. The van der Waals surface area contributed by atoms with Crippen molar-refractivity contribution >= 4 is 5.82 Å². The molecule has 2 fully saturated rings. The van der Waals surface area contributed by atoms with Gasteiger partial charge in [0.05, 0.1) is 18.2 Å². The first-order chi connectivity index (χ1) is 11.3. The van der Waals surface area contributed by atoms with Gasteiger partial charge >= 0.3 is 0 Å². The molecule has 1 aromatic heterocycles. The standard InChI is InChI=1S/C19H23N3O/c1-2-6-16(7-3-1)13-22-11-9-19(15-22)12-17(14-23-19)21-18-8-4-5-10-20-18/h1-8,10,17H,9,11-15H2,(H,20,21)/t17-,19+/m1/s1. The van der Waals surface area contributed by atoms with Crippen LogP contribution in [0.2, 0.25) is 0 Å². The topological polar surface area (TPSA) is 37.4 Å². The fourth-order valence-electron chi connectivity index (χ4n) is 3.78. The van der Waals surface area contributed by atoms with E-state index < -0.39 is 0 Å². The number of benzene rings is 1. The third-order valence-electron chi connectivity index (χ3n) is 4.87. The molecule has 0 bridgehead atoms. The van der Waals surface area contributed by atoms with Gasteiger partial charge in [-0.15, -0.1) is 0 Å². The number of rotatable bonds is 4. The van der Waals surface area contributed by atoms with Crippen molar-refractivity contribution in [3.63, 3.8) is 0 Å². The first kappa shape index (κ1) is 14.7. The van der Waals surface area contributed by atoms with Crippen molar-refractivity contribution in [2.45, 2.75) is 31.0 Å². The highest BCUT2D eigenvalue weighted by Gasteiger charge is 2.45. The maximum atomic E-state index is 6.22. The summed E-state index contributed by atoms with van der Waals surface area (Å²) in [5.74, 6) is 0.942. The van der Waals surface area contributed by atoms with E-state index in [-0.39, 0.29) is 5.60 Å². The van der Waals surface area contributed by atoms with Gasteiger partial charge in [0.1, 0.15) is 5.82 Å². The van der Waals surface area contributed by atoms with Crippen LogP contribution in [0.3, 0.4) is 0 Å². The van der Waals surface area contributed by atoms with Gasteiger partial charge < -0.3 is 10.1 Å². The molecule has 3 heterocycles. The summed E-state index contributed by atoms with van der Waals surface area (Å²) < 4.78 is 6.22. The van der Waals surface area contributed by atoms with E-state index in [4.69, 9.17) is 4.74 Å². The Bertz CT molecular complexity index is 574. The lowest BCUT2D eigenvalue weighted by atomic mass is 9.97. The normalized spacial score (nSPS) is 27.6. The summed E-state index contributed by atoms with van der Waals surface area (Å²) >= 11 is 0. The van der Waals surface area contributed by atoms with Crippen molar-refractivity contribution in [1.82, 2.24) is 9.88 Å². The highest BCUT2D eigenvalue weighted by Crippen LogP contribution is 2.36. The number of hydrogen-bond donors (Lipinski definition) is 1. The molecule has 4 nitrogen and oxygen atoms in total. The molecule has 1 N–H and O–H groups in total. The lowest BCUT2D eigenvalue weighted by Crippen LogP contribution is -2.33. The van der Waals surface area contributed by atoms with Crippen LogP contribution in [0, 0.1) is 0 Å². The monoisotopic (exact) mass is 309 g/mol. The van der Waals surface area contributed by atoms with Crippen LogP contribution in [-0.4, -0.2) is 41.2 Å². The van der Waals surface area contributed by atoms with Crippen molar-refractivity contribution in [1.29, 1.82) is 0 Å². The lowest BCUT2D eigenvalue weighted by Gasteiger charge is -2.23. The molecule has 1 aromatic carbocycles. The molecular formula is C19H23N3O. The van der Waals surface area contributed by atoms with Crippen molar-refractivity contribution < 1.29 is 4.74 Å². The molecular weight excluding hydrogens is 286 g/mol. The minimum atomic E-state index is 0.0290. The van der Waals surface area contributed by atoms with E-state index in [0.29, 0.717) is 6.04 Å². The van der Waals surface area contributed by atoms with Gasteiger partial charge in [0, 0.05) is 32.3 Å². The Morgan fingerprint density at radius 3 is 2.87 bits per heavy atom. The van der Waals surface area contributed by atoms with E-state index in [1.165, 1.54) is 5.56 Å². The van der Waals surface area contributed by atoms with Crippen molar-refractivity contribution in [2.24, 2.45) is 0 Å². The number of aromatic nitrogens is 1. The summed E-state index contributed by atoms with van der Waals surface area (Å²) in [4.78, 5) is 6.86. The number of nitrogens with zero attached hydrogens (tertiary/aromatic N) is 2. The number of anilines is 1. The van der Waals surface area contributed by atoms with E-state index in [1.54, 1.807) is 0 Å². The Labute approximate surface area is 137 Å². The third kappa shape index (κ3) is 3.38. The van der Waals surface area contributed by atoms with Crippen molar-refractivity contribution in [2.75, 3.05) is 25.0 Å². The third-order valence-corrected chi connectivity index (χ3v) is 4.87. The van der Waals surface area contributed by atoms with Gasteiger partial charge in [0.15, 0.2) is 0 Å². The molecule has 2 saturated heterocycles. The van der Waals surface area contributed by atoms with Crippen LogP contribution in [0.25, 0.3) is 0 Å². The van der Waals surface area contributed by atoms with E-state index in [1.807, 2.05) is 24.4 Å². The van der Waals surface area contributed by atoms with E-state index in [2.05, 4.69) is 45.5 Å². The van der Waals surface area contributed by atoms with Crippen molar-refractivity contribution in [3.8, 4) is 0 Å². The van der Waals surface area contributed by atoms with Crippen LogP contribution >= 0.6 is 0 Å².